The summed E-state index contributed by atoms with van der Waals surface area (Å²) in [5.41, 5.74) is 0.294. The molecule has 0 radical (unpaired) electrons. The van der Waals surface area contributed by atoms with Crippen LogP contribution in [0.25, 0.3) is 0 Å². The molecular formula is C26H36O7. The van der Waals surface area contributed by atoms with Crippen LogP contribution in [0.5, 0.6) is 0 Å². The van der Waals surface area contributed by atoms with E-state index in [1.54, 1.807) is 0 Å². The third kappa shape index (κ3) is 4.02. The first-order valence-electron chi connectivity index (χ1n) is 12.4. The zero-order valence-electron chi connectivity index (χ0n) is 20.0. The van der Waals surface area contributed by atoms with Crippen molar-refractivity contribution in [2.75, 3.05) is 6.61 Å². The van der Waals surface area contributed by atoms with E-state index in [2.05, 4.69) is 13.8 Å². The molecule has 7 heteroatoms. The Kier molecular flexibility index (Phi) is 6.29. The minimum atomic E-state index is -0.827. The Morgan fingerprint density at radius 3 is 2.67 bits per heavy atom. The molecule has 4 saturated heterocycles. The number of fused-ring (bicyclic) bond motifs is 2. The van der Waals surface area contributed by atoms with Gasteiger partial charge < -0.3 is 18.9 Å². The first kappa shape index (κ1) is 23.2. The minimum Gasteiger partial charge on any atom is -0.466 e. The van der Waals surface area contributed by atoms with E-state index in [0.29, 0.717) is 18.4 Å². The van der Waals surface area contributed by atoms with Crippen LogP contribution in [0.4, 0.5) is 0 Å². The van der Waals surface area contributed by atoms with E-state index in [1.807, 2.05) is 44.2 Å². The highest BCUT2D eigenvalue weighted by Gasteiger charge is 2.69. The van der Waals surface area contributed by atoms with E-state index in [4.69, 9.17) is 28.7 Å². The summed E-state index contributed by atoms with van der Waals surface area (Å²) < 4.78 is 24.7. The van der Waals surface area contributed by atoms with E-state index in [0.717, 1.165) is 31.2 Å². The van der Waals surface area contributed by atoms with Crippen molar-refractivity contribution in [3.63, 3.8) is 0 Å². The summed E-state index contributed by atoms with van der Waals surface area (Å²) >= 11 is 0. The van der Waals surface area contributed by atoms with Gasteiger partial charge in [-0.05, 0) is 50.5 Å². The van der Waals surface area contributed by atoms with Gasteiger partial charge in [-0.3, -0.25) is 4.79 Å². The molecule has 0 N–H and O–H groups in total. The molecule has 33 heavy (non-hydrogen) atoms. The largest absolute Gasteiger partial charge is 0.466 e. The lowest BCUT2D eigenvalue weighted by atomic mass is 9.58. The van der Waals surface area contributed by atoms with Crippen molar-refractivity contribution >= 4 is 5.97 Å². The standard InChI is InChI=1S/C26H36O7/c1-5-28-22(27)15-21(18-9-7-6-8-10-18)29-23-17(3)20-12-11-16(2)19-13-14-25(4)31-24(30-23)26(19,20)33-32-25/h6-10,16-17,19-21,23-24H,5,11-15H2,1-4H3/t16-,17-,19+,20?,21-,23+,24-,25-,26-/m1/s1. The fraction of sp³-hybridized carbons (Fsp3) is 0.731. The van der Waals surface area contributed by atoms with Gasteiger partial charge in [0, 0.05) is 18.3 Å². The molecule has 5 aliphatic rings. The Labute approximate surface area is 195 Å². The minimum absolute atomic E-state index is 0.0410. The molecule has 9 atom stereocenters. The van der Waals surface area contributed by atoms with Gasteiger partial charge in [0.2, 0.25) is 5.79 Å². The smallest absolute Gasteiger partial charge is 0.308 e. The van der Waals surface area contributed by atoms with Crippen molar-refractivity contribution in [2.45, 2.75) is 89.9 Å². The van der Waals surface area contributed by atoms with Crippen LogP contribution in [0.3, 0.4) is 0 Å². The number of carbonyl (C=O) groups excluding carboxylic acids is 1. The molecule has 0 aromatic heterocycles. The van der Waals surface area contributed by atoms with Crippen molar-refractivity contribution < 1.29 is 33.5 Å². The van der Waals surface area contributed by atoms with Crippen molar-refractivity contribution in [3.8, 4) is 0 Å². The normalized spacial score (nSPS) is 42.8. The van der Waals surface area contributed by atoms with Gasteiger partial charge in [0.25, 0.3) is 0 Å². The van der Waals surface area contributed by atoms with Crippen LogP contribution in [0.2, 0.25) is 0 Å². The fourth-order valence-electron chi connectivity index (χ4n) is 6.47. The maximum atomic E-state index is 12.4. The molecule has 2 bridgehead atoms. The molecule has 1 aliphatic carbocycles. The molecule has 1 spiro atoms. The van der Waals surface area contributed by atoms with Gasteiger partial charge in [-0.2, -0.15) is 0 Å². The SMILES string of the molecule is CCOC(=O)C[C@@H](O[C@H]1O[C@@H]2O[C@@]3(C)CC[C@H]4[C@H](C)CCC([C@H]1C)[C@@]24OO3)c1ccccc1. The predicted octanol–water partition coefficient (Wildman–Crippen LogP) is 4.91. The highest BCUT2D eigenvalue weighted by molar-refractivity contribution is 5.70. The van der Waals surface area contributed by atoms with Gasteiger partial charge in [0.05, 0.1) is 19.1 Å². The van der Waals surface area contributed by atoms with E-state index in [-0.39, 0.29) is 24.2 Å². The molecular weight excluding hydrogens is 424 g/mol. The van der Waals surface area contributed by atoms with Crippen molar-refractivity contribution in [2.24, 2.45) is 23.7 Å². The quantitative estimate of drug-likeness (QED) is 0.441. The zero-order chi connectivity index (χ0) is 23.2. The van der Waals surface area contributed by atoms with E-state index in [9.17, 15) is 4.79 Å². The monoisotopic (exact) mass is 460 g/mol. The van der Waals surface area contributed by atoms with Crippen LogP contribution in [0.15, 0.2) is 30.3 Å². The Morgan fingerprint density at radius 2 is 1.91 bits per heavy atom. The van der Waals surface area contributed by atoms with E-state index in [1.165, 1.54) is 0 Å². The van der Waals surface area contributed by atoms with Gasteiger partial charge >= 0.3 is 5.97 Å². The van der Waals surface area contributed by atoms with Crippen molar-refractivity contribution in [1.82, 2.24) is 0 Å². The molecule has 5 fully saturated rings. The first-order chi connectivity index (χ1) is 15.9. The lowest BCUT2D eigenvalue weighted by Crippen LogP contribution is -2.70. The lowest BCUT2D eigenvalue weighted by molar-refractivity contribution is -0.578. The van der Waals surface area contributed by atoms with Crippen LogP contribution in [0, 0.1) is 23.7 Å². The molecule has 6 rings (SSSR count). The van der Waals surface area contributed by atoms with Gasteiger partial charge in [-0.15, -0.1) is 0 Å². The maximum absolute atomic E-state index is 12.4. The molecule has 4 heterocycles. The van der Waals surface area contributed by atoms with E-state index >= 15 is 0 Å². The molecule has 182 valence electrons. The third-order valence-electron chi connectivity index (χ3n) is 8.22. The summed E-state index contributed by atoms with van der Waals surface area (Å²) in [5, 5.41) is 0. The summed E-state index contributed by atoms with van der Waals surface area (Å²) in [4.78, 5) is 24.5. The Hall–Kier alpha value is -1.51. The highest BCUT2D eigenvalue weighted by atomic mass is 17.3. The number of benzene rings is 1. The van der Waals surface area contributed by atoms with Gasteiger partial charge in [-0.1, -0.05) is 44.2 Å². The molecule has 0 amide bonds. The van der Waals surface area contributed by atoms with Gasteiger partial charge in [0.15, 0.2) is 18.2 Å². The van der Waals surface area contributed by atoms with Gasteiger partial charge in [-0.25, -0.2) is 9.78 Å². The summed E-state index contributed by atoms with van der Waals surface area (Å²) in [6.45, 7) is 8.52. The Morgan fingerprint density at radius 1 is 1.12 bits per heavy atom. The number of rotatable bonds is 6. The molecule has 1 saturated carbocycles. The summed E-state index contributed by atoms with van der Waals surface area (Å²) in [7, 11) is 0. The number of hydrogen-bond acceptors (Lipinski definition) is 7. The first-order valence-corrected chi connectivity index (χ1v) is 12.4. The van der Waals surface area contributed by atoms with Crippen LogP contribution in [-0.4, -0.2) is 36.5 Å². The number of hydrogen-bond donors (Lipinski definition) is 0. The highest BCUT2D eigenvalue weighted by Crippen LogP contribution is 2.60. The van der Waals surface area contributed by atoms with Crippen LogP contribution < -0.4 is 0 Å². The second-order valence-corrected chi connectivity index (χ2v) is 10.3. The lowest BCUT2D eigenvalue weighted by Gasteiger charge is -2.60. The molecule has 7 nitrogen and oxygen atoms in total. The summed E-state index contributed by atoms with van der Waals surface area (Å²) in [5.74, 6) is -0.0915. The van der Waals surface area contributed by atoms with Crippen LogP contribution in [-0.2, 0) is 33.5 Å². The maximum Gasteiger partial charge on any atom is 0.308 e. The van der Waals surface area contributed by atoms with Crippen molar-refractivity contribution in [1.29, 1.82) is 0 Å². The molecule has 1 aromatic carbocycles. The fourth-order valence-corrected chi connectivity index (χ4v) is 6.47. The summed E-state index contributed by atoms with van der Waals surface area (Å²) in [6, 6.07) is 9.79. The number of carbonyl (C=O) groups is 1. The molecule has 4 aliphatic heterocycles. The van der Waals surface area contributed by atoms with Crippen LogP contribution in [0.1, 0.15) is 71.5 Å². The third-order valence-corrected chi connectivity index (χ3v) is 8.22. The van der Waals surface area contributed by atoms with E-state index < -0.39 is 30.1 Å². The predicted molar refractivity (Wildman–Crippen MR) is 118 cm³/mol. The Bertz CT molecular complexity index is 846. The second-order valence-electron chi connectivity index (χ2n) is 10.3. The van der Waals surface area contributed by atoms with Gasteiger partial charge in [0.1, 0.15) is 0 Å². The number of ether oxygens (including phenoxy) is 4. The number of esters is 1. The summed E-state index contributed by atoms with van der Waals surface area (Å²) in [6.07, 6.45) is 2.43. The average molecular weight is 461 g/mol. The Balaban J connectivity index is 1.43. The average Bonchev–Trinajstić information content (AvgIpc) is 3.03. The second kappa shape index (κ2) is 8.93. The molecule has 1 aromatic rings. The zero-order valence-corrected chi connectivity index (χ0v) is 20.0. The molecule has 1 unspecified atom stereocenters. The van der Waals surface area contributed by atoms with Crippen LogP contribution >= 0.6 is 0 Å². The van der Waals surface area contributed by atoms with Crippen molar-refractivity contribution in [3.05, 3.63) is 35.9 Å². The topological polar surface area (TPSA) is 72.5 Å².